The van der Waals surface area contributed by atoms with Gasteiger partial charge in [0.05, 0.1) is 0 Å². The second-order valence-corrected chi connectivity index (χ2v) is 6.59. The maximum atomic E-state index is 4.11. The summed E-state index contributed by atoms with van der Waals surface area (Å²) in [5.74, 6) is 2.37. The van der Waals surface area contributed by atoms with Crippen LogP contribution in [0.25, 0.3) is 0 Å². The van der Waals surface area contributed by atoms with Crippen molar-refractivity contribution in [3.63, 3.8) is 0 Å². The first kappa shape index (κ1) is 14.4. The summed E-state index contributed by atoms with van der Waals surface area (Å²) >= 11 is 0. The van der Waals surface area contributed by atoms with Gasteiger partial charge in [-0.05, 0) is 57.3 Å². The van der Waals surface area contributed by atoms with E-state index < -0.39 is 0 Å². The predicted octanol–water partition coefficient (Wildman–Crippen LogP) is 4.78. The molecule has 2 rings (SSSR count). The van der Waals surface area contributed by atoms with Gasteiger partial charge < -0.3 is 4.90 Å². The first-order valence-corrected chi connectivity index (χ1v) is 7.80. The van der Waals surface area contributed by atoms with Crippen LogP contribution < -0.4 is 0 Å². The SMILES string of the molecule is C=C(C)N(C/C=C\C1CCC(C)=CC1C)CC1CC1. The van der Waals surface area contributed by atoms with Gasteiger partial charge in [-0.1, -0.05) is 37.3 Å². The largest absolute Gasteiger partial charge is 0.372 e. The standard InChI is InChI=1S/C18H29N/c1-14(2)19(13-17-8-9-17)11-5-6-18-10-7-15(3)12-16(18)4/h5-6,12,16-18H,1,7-11,13H2,2-4H3/b6-5-. The Labute approximate surface area is 119 Å². The van der Waals surface area contributed by atoms with Crippen LogP contribution in [0.15, 0.2) is 36.1 Å². The third-order valence-electron chi connectivity index (χ3n) is 4.52. The molecule has 19 heavy (non-hydrogen) atoms. The summed E-state index contributed by atoms with van der Waals surface area (Å²) < 4.78 is 0. The van der Waals surface area contributed by atoms with Crippen LogP contribution in [0, 0.1) is 17.8 Å². The van der Waals surface area contributed by atoms with Crippen LogP contribution in [0.5, 0.6) is 0 Å². The molecular formula is C18H29N. The quantitative estimate of drug-likeness (QED) is 0.620. The Morgan fingerprint density at radius 3 is 2.74 bits per heavy atom. The lowest BCUT2D eigenvalue weighted by atomic mass is 9.82. The van der Waals surface area contributed by atoms with E-state index in [1.54, 1.807) is 5.57 Å². The van der Waals surface area contributed by atoms with Crippen LogP contribution in [-0.4, -0.2) is 18.0 Å². The van der Waals surface area contributed by atoms with Crippen molar-refractivity contribution in [1.29, 1.82) is 0 Å². The van der Waals surface area contributed by atoms with Crippen molar-refractivity contribution in [1.82, 2.24) is 4.90 Å². The summed E-state index contributed by atoms with van der Waals surface area (Å²) in [6, 6.07) is 0. The number of hydrogen-bond acceptors (Lipinski definition) is 1. The van der Waals surface area contributed by atoms with Gasteiger partial charge in [0, 0.05) is 18.8 Å². The van der Waals surface area contributed by atoms with E-state index in [9.17, 15) is 0 Å². The molecule has 106 valence electrons. The molecule has 1 fully saturated rings. The van der Waals surface area contributed by atoms with Crippen LogP contribution in [0.4, 0.5) is 0 Å². The summed E-state index contributed by atoms with van der Waals surface area (Å²) in [5.41, 5.74) is 2.78. The first-order chi connectivity index (χ1) is 9.06. The van der Waals surface area contributed by atoms with Gasteiger partial charge in [0.25, 0.3) is 0 Å². The molecule has 2 aliphatic rings. The zero-order valence-electron chi connectivity index (χ0n) is 12.9. The van der Waals surface area contributed by atoms with Gasteiger partial charge in [0.1, 0.15) is 0 Å². The molecule has 0 aliphatic heterocycles. The Balaban J connectivity index is 1.82. The molecule has 0 aromatic heterocycles. The van der Waals surface area contributed by atoms with Crippen molar-refractivity contribution >= 4 is 0 Å². The third kappa shape index (κ3) is 4.56. The molecule has 0 N–H and O–H groups in total. The molecule has 2 atom stereocenters. The van der Waals surface area contributed by atoms with Crippen molar-refractivity contribution in [3.05, 3.63) is 36.1 Å². The summed E-state index contributed by atoms with van der Waals surface area (Å²) in [7, 11) is 0. The lowest BCUT2D eigenvalue weighted by Crippen LogP contribution is -2.24. The van der Waals surface area contributed by atoms with Crippen molar-refractivity contribution in [2.75, 3.05) is 13.1 Å². The molecule has 2 unspecified atom stereocenters. The molecule has 0 bridgehead atoms. The fourth-order valence-corrected chi connectivity index (χ4v) is 2.95. The van der Waals surface area contributed by atoms with Crippen molar-refractivity contribution in [2.45, 2.75) is 46.5 Å². The summed E-state index contributed by atoms with van der Waals surface area (Å²) in [6.07, 6.45) is 12.7. The molecule has 1 nitrogen and oxygen atoms in total. The van der Waals surface area contributed by atoms with Crippen LogP contribution >= 0.6 is 0 Å². The van der Waals surface area contributed by atoms with Crippen LogP contribution in [-0.2, 0) is 0 Å². The van der Waals surface area contributed by atoms with Gasteiger partial charge in [-0.25, -0.2) is 0 Å². The fourth-order valence-electron chi connectivity index (χ4n) is 2.95. The summed E-state index contributed by atoms with van der Waals surface area (Å²) in [5, 5.41) is 0. The van der Waals surface area contributed by atoms with Crippen molar-refractivity contribution in [2.24, 2.45) is 17.8 Å². The van der Waals surface area contributed by atoms with E-state index in [1.807, 2.05) is 0 Å². The molecule has 1 saturated carbocycles. The van der Waals surface area contributed by atoms with E-state index in [4.69, 9.17) is 0 Å². The van der Waals surface area contributed by atoms with E-state index in [-0.39, 0.29) is 0 Å². The van der Waals surface area contributed by atoms with Gasteiger partial charge in [-0.15, -0.1) is 0 Å². The highest BCUT2D eigenvalue weighted by Crippen LogP contribution is 2.31. The zero-order valence-corrected chi connectivity index (χ0v) is 12.9. The van der Waals surface area contributed by atoms with Crippen LogP contribution in [0.1, 0.15) is 46.5 Å². The van der Waals surface area contributed by atoms with Crippen LogP contribution in [0.3, 0.4) is 0 Å². The Bertz CT molecular complexity index is 373. The molecule has 0 heterocycles. The molecule has 1 heteroatoms. The molecule has 0 spiro atoms. The molecular weight excluding hydrogens is 230 g/mol. The van der Waals surface area contributed by atoms with Crippen molar-refractivity contribution < 1.29 is 0 Å². The van der Waals surface area contributed by atoms with Crippen molar-refractivity contribution in [3.8, 4) is 0 Å². The monoisotopic (exact) mass is 259 g/mol. The summed E-state index contributed by atoms with van der Waals surface area (Å²) in [4.78, 5) is 2.43. The van der Waals surface area contributed by atoms with Gasteiger partial charge >= 0.3 is 0 Å². The molecule has 0 saturated heterocycles. The lowest BCUT2D eigenvalue weighted by molar-refractivity contribution is 0.363. The van der Waals surface area contributed by atoms with E-state index >= 15 is 0 Å². The number of allylic oxidation sites excluding steroid dienone is 4. The van der Waals surface area contributed by atoms with Gasteiger partial charge in [0.2, 0.25) is 0 Å². The molecule has 0 radical (unpaired) electrons. The van der Waals surface area contributed by atoms with E-state index in [1.165, 1.54) is 37.9 Å². The van der Waals surface area contributed by atoms with Gasteiger partial charge in [-0.3, -0.25) is 0 Å². The topological polar surface area (TPSA) is 3.24 Å². The van der Waals surface area contributed by atoms with Gasteiger partial charge in [0.15, 0.2) is 0 Å². The maximum Gasteiger partial charge on any atom is 0.0356 e. The number of nitrogens with zero attached hydrogens (tertiary/aromatic N) is 1. The molecule has 2 aliphatic carbocycles. The Kier molecular flexibility index (Phi) is 4.90. The minimum atomic E-state index is 0.701. The number of rotatable bonds is 6. The average molecular weight is 259 g/mol. The summed E-state index contributed by atoms with van der Waals surface area (Å²) in [6.45, 7) is 13.1. The second-order valence-electron chi connectivity index (χ2n) is 6.59. The second kappa shape index (κ2) is 6.45. The number of hydrogen-bond donors (Lipinski definition) is 0. The lowest BCUT2D eigenvalue weighted by Gasteiger charge is -2.26. The Morgan fingerprint density at radius 2 is 2.16 bits per heavy atom. The highest BCUT2D eigenvalue weighted by atomic mass is 15.1. The average Bonchev–Trinajstić information content (AvgIpc) is 3.14. The van der Waals surface area contributed by atoms with E-state index in [2.05, 4.69) is 50.5 Å². The highest BCUT2D eigenvalue weighted by molar-refractivity contribution is 5.10. The van der Waals surface area contributed by atoms with Gasteiger partial charge in [-0.2, -0.15) is 0 Å². The zero-order chi connectivity index (χ0) is 13.8. The molecule has 0 aromatic rings. The first-order valence-electron chi connectivity index (χ1n) is 7.80. The Hall–Kier alpha value is -0.980. The highest BCUT2D eigenvalue weighted by Gasteiger charge is 2.23. The predicted molar refractivity (Wildman–Crippen MR) is 83.9 cm³/mol. The minimum Gasteiger partial charge on any atom is -0.372 e. The third-order valence-corrected chi connectivity index (χ3v) is 4.52. The normalized spacial score (nSPS) is 27.4. The maximum absolute atomic E-state index is 4.11. The Morgan fingerprint density at radius 1 is 1.42 bits per heavy atom. The van der Waals surface area contributed by atoms with E-state index in [0.29, 0.717) is 5.92 Å². The molecule has 0 amide bonds. The minimum absolute atomic E-state index is 0.701. The fraction of sp³-hybridized carbons (Fsp3) is 0.667. The smallest absolute Gasteiger partial charge is 0.0356 e. The van der Waals surface area contributed by atoms with Crippen LogP contribution in [0.2, 0.25) is 0 Å². The van der Waals surface area contributed by atoms with E-state index in [0.717, 1.165) is 18.4 Å². The molecule has 0 aromatic carbocycles.